The number of aromatic nitrogens is 1. The summed E-state index contributed by atoms with van der Waals surface area (Å²) in [6, 6.07) is 15.4. The highest BCUT2D eigenvalue weighted by Gasteiger charge is 2.63. The Hall–Kier alpha value is -5.02. The number of methoxy groups -OCH3 is 1. The van der Waals surface area contributed by atoms with Gasteiger partial charge in [0.2, 0.25) is 28.6 Å². The molecule has 8 rings (SSSR count). The average Bonchev–Trinajstić information content (AvgIpc) is 4.00. The number of fused-ring (bicyclic) bond motifs is 3. The van der Waals surface area contributed by atoms with Crippen molar-refractivity contribution in [1.29, 1.82) is 0 Å². The molecule has 1 N–H and O–H groups in total. The first-order chi connectivity index (χ1) is 27.7. The summed E-state index contributed by atoms with van der Waals surface area (Å²) in [4.78, 5) is 65.6. The van der Waals surface area contributed by atoms with E-state index in [1.807, 2.05) is 80.3 Å². The number of amides is 4. The molecule has 58 heavy (non-hydrogen) atoms. The molecule has 4 amide bonds. The van der Waals surface area contributed by atoms with E-state index in [1.54, 1.807) is 13.2 Å². The van der Waals surface area contributed by atoms with Crippen LogP contribution in [0.2, 0.25) is 0 Å². The largest absolute Gasteiger partial charge is 0.497 e. The molecule has 7 atom stereocenters. The fourth-order valence-corrected chi connectivity index (χ4v) is 9.71. The van der Waals surface area contributed by atoms with E-state index in [0.29, 0.717) is 54.1 Å². The molecule has 14 nitrogen and oxygen atoms in total. The summed E-state index contributed by atoms with van der Waals surface area (Å²) in [5.41, 5.74) is -0.0235. The van der Waals surface area contributed by atoms with Gasteiger partial charge in [0.1, 0.15) is 29.2 Å². The maximum Gasteiger partial charge on any atom is 0.262 e. The summed E-state index contributed by atoms with van der Waals surface area (Å²) >= 11 is 0. The number of pyridine rings is 1. The van der Waals surface area contributed by atoms with E-state index in [9.17, 15) is 27.6 Å². The molecule has 2 saturated carbocycles. The van der Waals surface area contributed by atoms with Gasteiger partial charge in [-0.05, 0) is 43.2 Å². The molecule has 5 fully saturated rings. The third-order valence-electron chi connectivity index (χ3n) is 12.4. The number of thiol groups is 1. The van der Waals surface area contributed by atoms with E-state index < -0.39 is 63.7 Å². The monoisotopic (exact) mass is 813 g/mol. The molecule has 5 aliphatic rings. The zero-order valence-electron chi connectivity index (χ0n) is 33.3. The highest BCUT2D eigenvalue weighted by atomic mass is 32.2. The molecule has 0 spiro atoms. The van der Waals surface area contributed by atoms with Crippen molar-refractivity contribution >= 4 is 45.4 Å². The van der Waals surface area contributed by atoms with E-state index in [0.717, 1.165) is 16.3 Å². The number of morpholine rings is 1. The Kier molecular flexibility index (Phi) is 10.5. The molecule has 3 saturated heterocycles. The Bertz CT molecular complexity index is 2210. The molecule has 3 aromatic rings. The highest BCUT2D eigenvalue weighted by Crippen LogP contribution is 2.48. The SMILES string of the molecule is C=C[C@@H]1C[C@]1(NC(=O)[C@@H]1C[C@@H](Oc2cc(-c3ccccc3)nc3cc(OC)ccc23)CN1C(=O)[C@@H](CC(=O)N1CC2CC1CO2)C(C)(C)C)C(=O)N(C1CC1)[SH](=O)=O. The summed E-state index contributed by atoms with van der Waals surface area (Å²) in [6.45, 7) is 10.6. The van der Waals surface area contributed by atoms with Gasteiger partial charge >= 0.3 is 0 Å². The Morgan fingerprint density at radius 2 is 1.83 bits per heavy atom. The van der Waals surface area contributed by atoms with E-state index in [4.69, 9.17) is 19.2 Å². The zero-order valence-corrected chi connectivity index (χ0v) is 34.2. The van der Waals surface area contributed by atoms with Gasteiger partial charge in [-0.2, -0.15) is 0 Å². The number of hydrogen-bond acceptors (Lipinski definition) is 10. The van der Waals surface area contributed by atoms with Gasteiger partial charge in [0.15, 0.2) is 0 Å². The van der Waals surface area contributed by atoms with Crippen LogP contribution in [0.5, 0.6) is 11.5 Å². The lowest BCUT2D eigenvalue weighted by Crippen LogP contribution is -2.57. The summed E-state index contributed by atoms with van der Waals surface area (Å²) in [6.07, 6.45) is 2.97. The molecule has 2 aliphatic carbocycles. The van der Waals surface area contributed by atoms with Crippen LogP contribution < -0.4 is 14.8 Å². The molecule has 3 aliphatic heterocycles. The molecule has 2 bridgehead atoms. The summed E-state index contributed by atoms with van der Waals surface area (Å²) in [5.74, 6) is -1.97. The van der Waals surface area contributed by atoms with Crippen molar-refractivity contribution in [2.45, 2.75) is 95.2 Å². The van der Waals surface area contributed by atoms with Gasteiger partial charge in [0.25, 0.3) is 5.91 Å². The predicted octanol–water partition coefficient (Wildman–Crippen LogP) is 3.89. The van der Waals surface area contributed by atoms with Crippen molar-refractivity contribution in [3.05, 3.63) is 67.3 Å². The second-order valence-electron chi connectivity index (χ2n) is 17.4. The highest BCUT2D eigenvalue weighted by molar-refractivity contribution is 7.70. The minimum Gasteiger partial charge on any atom is -0.497 e. The molecule has 1 aromatic heterocycles. The number of rotatable bonds is 13. The third kappa shape index (κ3) is 7.54. The minimum atomic E-state index is -3.24. The van der Waals surface area contributed by atoms with Crippen LogP contribution in [0.1, 0.15) is 59.3 Å². The van der Waals surface area contributed by atoms with Crippen molar-refractivity contribution < 1.29 is 41.8 Å². The normalized spacial score (nSPS) is 26.7. The maximum absolute atomic E-state index is 15.0. The molecule has 15 heteroatoms. The van der Waals surface area contributed by atoms with Crippen molar-refractivity contribution in [3.63, 3.8) is 0 Å². The van der Waals surface area contributed by atoms with Crippen molar-refractivity contribution in [3.8, 4) is 22.8 Å². The van der Waals surface area contributed by atoms with E-state index >= 15 is 0 Å². The summed E-state index contributed by atoms with van der Waals surface area (Å²) in [5, 5.41) is 3.63. The first kappa shape index (κ1) is 39.8. The number of benzene rings is 2. The molecule has 4 heterocycles. The van der Waals surface area contributed by atoms with Crippen LogP contribution >= 0.6 is 0 Å². The number of likely N-dealkylation sites (tertiary alicyclic amines) is 2. The lowest BCUT2D eigenvalue weighted by molar-refractivity contribution is -0.149. The van der Waals surface area contributed by atoms with E-state index in [1.165, 1.54) is 4.90 Å². The number of carbonyl (C=O) groups excluding carboxylic acids is 4. The van der Waals surface area contributed by atoms with Gasteiger partial charge in [-0.3, -0.25) is 19.2 Å². The zero-order chi connectivity index (χ0) is 41.1. The van der Waals surface area contributed by atoms with Crippen LogP contribution in [-0.2, 0) is 34.8 Å². The summed E-state index contributed by atoms with van der Waals surface area (Å²) in [7, 11) is -1.65. The van der Waals surface area contributed by atoms with Crippen LogP contribution in [0.4, 0.5) is 0 Å². The van der Waals surface area contributed by atoms with Crippen molar-refractivity contribution in [2.24, 2.45) is 17.3 Å². The van der Waals surface area contributed by atoms with Gasteiger partial charge in [-0.15, -0.1) is 6.58 Å². The summed E-state index contributed by atoms with van der Waals surface area (Å²) < 4.78 is 43.5. The smallest absolute Gasteiger partial charge is 0.262 e. The van der Waals surface area contributed by atoms with E-state index in [-0.39, 0.29) is 49.8 Å². The minimum absolute atomic E-state index is 0.00232. The fraction of sp³-hybridized carbons (Fsp3) is 0.512. The van der Waals surface area contributed by atoms with E-state index in [2.05, 4.69) is 11.9 Å². The Labute approximate surface area is 339 Å². The van der Waals surface area contributed by atoms with Crippen molar-refractivity contribution in [2.75, 3.05) is 26.8 Å². The second kappa shape index (κ2) is 15.3. The van der Waals surface area contributed by atoms with Crippen LogP contribution in [0, 0.1) is 17.3 Å². The van der Waals surface area contributed by atoms with Gasteiger partial charge in [-0.25, -0.2) is 17.7 Å². The average molecular weight is 814 g/mol. The number of nitrogens with zero attached hydrogens (tertiary/aromatic N) is 4. The number of carbonyl (C=O) groups is 4. The van der Waals surface area contributed by atoms with Gasteiger partial charge in [-0.1, -0.05) is 57.2 Å². The van der Waals surface area contributed by atoms with Gasteiger partial charge in [0.05, 0.1) is 49.5 Å². The van der Waals surface area contributed by atoms with Crippen LogP contribution in [-0.4, -0.2) is 114 Å². The van der Waals surface area contributed by atoms with Gasteiger partial charge < -0.3 is 29.3 Å². The number of ether oxygens (including phenoxy) is 3. The molecule has 2 unspecified atom stereocenters. The lowest BCUT2D eigenvalue weighted by Gasteiger charge is -2.36. The molecule has 308 valence electrons. The first-order valence-corrected chi connectivity index (χ1v) is 21.2. The maximum atomic E-state index is 15.0. The second-order valence-corrected chi connectivity index (χ2v) is 18.3. The van der Waals surface area contributed by atoms with Crippen LogP contribution in [0.15, 0.2) is 67.3 Å². The molecular weight excluding hydrogens is 763 g/mol. The van der Waals surface area contributed by atoms with Gasteiger partial charge in [0, 0.05) is 54.4 Å². The Morgan fingerprint density at radius 1 is 1.07 bits per heavy atom. The first-order valence-electron chi connectivity index (χ1n) is 20.1. The Morgan fingerprint density at radius 3 is 2.43 bits per heavy atom. The fourth-order valence-electron chi connectivity index (χ4n) is 8.89. The van der Waals surface area contributed by atoms with Crippen molar-refractivity contribution in [1.82, 2.24) is 24.4 Å². The van der Waals surface area contributed by atoms with Crippen LogP contribution in [0.3, 0.4) is 0 Å². The molecule has 0 radical (unpaired) electrons. The lowest BCUT2D eigenvalue weighted by atomic mass is 9.77. The molecular formula is C43H51N5O9S. The third-order valence-corrected chi connectivity index (χ3v) is 13.3. The number of nitrogens with one attached hydrogen (secondary N) is 1. The topological polar surface area (TPSA) is 165 Å². The number of hydrogen-bond donors (Lipinski definition) is 2. The quantitative estimate of drug-likeness (QED) is 0.191. The molecule has 2 aromatic carbocycles. The predicted molar refractivity (Wildman–Crippen MR) is 215 cm³/mol. The Balaban J connectivity index is 1.12. The standard InChI is InChI=1S/C43H51N5O9S/c1-6-26-21-43(26,41(52)48(58(53)54)27-12-13-27)45-39(50)36-18-31(23-47(36)40(51)33(42(2,3)4)19-38(49)46-22-30-16-28(46)24-56-30)57-37-20-34(25-10-8-7-9-11-25)44-35-17-29(55-5)14-15-32(35)37/h6-11,14-15,17,20,26-28,30-31,33,36,58H,1,12-13,16,18-19,21-24H2,2-5H3,(H,45,50)/t26-,28?,30?,31-,33-,36+,43-/m1/s1. The van der Waals surface area contributed by atoms with Crippen LogP contribution in [0.25, 0.3) is 22.2 Å².